The van der Waals surface area contributed by atoms with Crippen LogP contribution in [0.25, 0.3) is 0 Å². The van der Waals surface area contributed by atoms with Gasteiger partial charge < -0.3 is 25.4 Å². The van der Waals surface area contributed by atoms with E-state index in [-0.39, 0.29) is 25.0 Å². The highest BCUT2D eigenvalue weighted by molar-refractivity contribution is 5.93. The molecule has 0 aromatic carbocycles. The molecule has 0 rings (SSSR count). The minimum Gasteiger partial charge on any atom is -0.464 e. The molecule has 0 aromatic rings. The SMILES string of the molecule is CCOC(=O)[C@H](C)NC(=O)[C@H](CC(C)C)NC(=O)[C@H](COC(C)(C)C)NC(C)=O. The zero-order chi connectivity index (χ0) is 22.8. The van der Waals surface area contributed by atoms with Gasteiger partial charge >= 0.3 is 5.97 Å². The second-order valence-corrected chi connectivity index (χ2v) is 8.35. The molecule has 0 spiro atoms. The molecule has 0 radical (unpaired) electrons. The van der Waals surface area contributed by atoms with E-state index in [4.69, 9.17) is 9.47 Å². The molecule has 3 atom stereocenters. The first-order chi connectivity index (χ1) is 13.3. The zero-order valence-corrected chi connectivity index (χ0v) is 18.9. The van der Waals surface area contributed by atoms with Crippen molar-refractivity contribution < 1.29 is 28.7 Å². The molecule has 0 aliphatic heterocycles. The Morgan fingerprint density at radius 2 is 1.45 bits per heavy atom. The zero-order valence-electron chi connectivity index (χ0n) is 18.9. The maximum absolute atomic E-state index is 12.7. The summed E-state index contributed by atoms with van der Waals surface area (Å²) < 4.78 is 10.5. The Morgan fingerprint density at radius 3 is 1.90 bits per heavy atom. The van der Waals surface area contributed by atoms with Crippen LogP contribution >= 0.6 is 0 Å². The number of carbonyl (C=O) groups is 4. The third-order valence-electron chi connectivity index (χ3n) is 3.72. The summed E-state index contributed by atoms with van der Waals surface area (Å²) in [6, 6.07) is -2.66. The van der Waals surface area contributed by atoms with E-state index in [9.17, 15) is 19.2 Å². The minimum atomic E-state index is -0.948. The standard InChI is InChI=1S/C20H37N3O6/c1-9-28-19(27)13(4)21-17(25)15(10-12(2)3)23-18(26)16(22-14(5)24)11-29-20(6,7)8/h12-13,15-16H,9-11H2,1-8H3,(H,21,25)(H,22,24)(H,23,26)/t13-,15-,16-/m0/s1. The Hall–Kier alpha value is -2.16. The van der Waals surface area contributed by atoms with Gasteiger partial charge in [0.25, 0.3) is 0 Å². The Labute approximate surface area is 173 Å². The van der Waals surface area contributed by atoms with Crippen molar-refractivity contribution in [2.24, 2.45) is 5.92 Å². The van der Waals surface area contributed by atoms with Crippen molar-refractivity contribution in [3.05, 3.63) is 0 Å². The number of hydrogen-bond donors (Lipinski definition) is 3. The molecular formula is C20H37N3O6. The second kappa shape index (κ2) is 12.4. The Balaban J connectivity index is 5.23. The number of rotatable bonds is 11. The van der Waals surface area contributed by atoms with Gasteiger partial charge in [-0.25, -0.2) is 4.79 Å². The molecule has 0 unspecified atom stereocenters. The first kappa shape index (κ1) is 26.8. The second-order valence-electron chi connectivity index (χ2n) is 8.35. The molecule has 0 heterocycles. The molecule has 0 aliphatic rings. The predicted octanol–water partition coefficient (Wildman–Crippen LogP) is 0.905. The van der Waals surface area contributed by atoms with E-state index in [1.165, 1.54) is 13.8 Å². The van der Waals surface area contributed by atoms with Crippen LogP contribution in [0.2, 0.25) is 0 Å². The molecule has 0 bridgehead atoms. The van der Waals surface area contributed by atoms with Gasteiger partial charge in [0.05, 0.1) is 18.8 Å². The van der Waals surface area contributed by atoms with Crippen molar-refractivity contribution in [2.75, 3.05) is 13.2 Å². The highest BCUT2D eigenvalue weighted by Crippen LogP contribution is 2.09. The smallest absolute Gasteiger partial charge is 0.328 e. The molecular weight excluding hydrogens is 378 g/mol. The first-order valence-electron chi connectivity index (χ1n) is 9.95. The van der Waals surface area contributed by atoms with Gasteiger partial charge in [-0.2, -0.15) is 0 Å². The summed E-state index contributed by atoms with van der Waals surface area (Å²) in [4.78, 5) is 48.6. The topological polar surface area (TPSA) is 123 Å². The highest BCUT2D eigenvalue weighted by atomic mass is 16.5. The molecule has 0 saturated carbocycles. The first-order valence-corrected chi connectivity index (χ1v) is 9.95. The molecule has 0 saturated heterocycles. The lowest BCUT2D eigenvalue weighted by Crippen LogP contribution is -2.57. The average Bonchev–Trinajstić information content (AvgIpc) is 2.56. The van der Waals surface area contributed by atoms with Crippen LogP contribution < -0.4 is 16.0 Å². The molecule has 0 fully saturated rings. The molecule has 29 heavy (non-hydrogen) atoms. The van der Waals surface area contributed by atoms with E-state index in [1.54, 1.807) is 6.92 Å². The lowest BCUT2D eigenvalue weighted by molar-refractivity contribution is -0.147. The molecule has 9 nitrogen and oxygen atoms in total. The summed E-state index contributed by atoms with van der Waals surface area (Å²) in [5, 5.41) is 7.78. The number of ether oxygens (including phenoxy) is 2. The van der Waals surface area contributed by atoms with Crippen molar-refractivity contribution >= 4 is 23.7 Å². The number of nitrogens with one attached hydrogen (secondary N) is 3. The molecule has 168 valence electrons. The summed E-state index contributed by atoms with van der Waals surface area (Å²) in [6.45, 7) is 14.0. The fourth-order valence-corrected chi connectivity index (χ4v) is 2.38. The van der Waals surface area contributed by atoms with E-state index in [2.05, 4.69) is 16.0 Å². The van der Waals surface area contributed by atoms with E-state index in [0.717, 1.165) is 0 Å². The van der Waals surface area contributed by atoms with Crippen LogP contribution in [0.1, 0.15) is 61.8 Å². The number of carbonyl (C=O) groups excluding carboxylic acids is 4. The maximum Gasteiger partial charge on any atom is 0.328 e. The molecule has 9 heteroatoms. The summed E-state index contributed by atoms with van der Waals surface area (Å²) in [6.07, 6.45) is 0.361. The predicted molar refractivity (Wildman–Crippen MR) is 109 cm³/mol. The maximum atomic E-state index is 12.7. The van der Waals surface area contributed by atoms with E-state index in [0.29, 0.717) is 6.42 Å². The summed E-state index contributed by atoms with van der Waals surface area (Å²) in [5.74, 6) is -1.86. The van der Waals surface area contributed by atoms with E-state index in [1.807, 2.05) is 34.6 Å². The van der Waals surface area contributed by atoms with Crippen LogP contribution in [0.15, 0.2) is 0 Å². The van der Waals surface area contributed by atoms with Gasteiger partial charge in [-0.05, 0) is 47.0 Å². The van der Waals surface area contributed by atoms with Gasteiger partial charge in [-0.15, -0.1) is 0 Å². The third kappa shape index (κ3) is 12.1. The van der Waals surface area contributed by atoms with Gasteiger partial charge in [0.1, 0.15) is 18.1 Å². The fraction of sp³-hybridized carbons (Fsp3) is 0.800. The molecule has 0 aliphatic carbocycles. The summed E-state index contributed by atoms with van der Waals surface area (Å²) >= 11 is 0. The lowest BCUT2D eigenvalue weighted by Gasteiger charge is -2.27. The highest BCUT2D eigenvalue weighted by Gasteiger charge is 2.29. The van der Waals surface area contributed by atoms with Crippen LogP contribution in [0.5, 0.6) is 0 Å². The fourth-order valence-electron chi connectivity index (χ4n) is 2.38. The lowest BCUT2D eigenvalue weighted by atomic mass is 10.0. The van der Waals surface area contributed by atoms with Crippen LogP contribution in [-0.2, 0) is 28.7 Å². The normalized spacial score (nSPS) is 14.5. The Kier molecular flexibility index (Phi) is 11.5. The van der Waals surface area contributed by atoms with Crippen molar-refractivity contribution in [3.63, 3.8) is 0 Å². The quantitative estimate of drug-likeness (QED) is 0.431. The largest absolute Gasteiger partial charge is 0.464 e. The van der Waals surface area contributed by atoms with E-state index >= 15 is 0 Å². The van der Waals surface area contributed by atoms with Crippen LogP contribution in [0.4, 0.5) is 0 Å². The van der Waals surface area contributed by atoms with Crippen molar-refractivity contribution in [1.29, 1.82) is 0 Å². The Morgan fingerprint density at radius 1 is 0.897 bits per heavy atom. The van der Waals surface area contributed by atoms with Gasteiger partial charge in [0.15, 0.2) is 0 Å². The van der Waals surface area contributed by atoms with Gasteiger partial charge in [0, 0.05) is 6.92 Å². The third-order valence-corrected chi connectivity index (χ3v) is 3.72. The van der Waals surface area contributed by atoms with Crippen molar-refractivity contribution in [1.82, 2.24) is 16.0 Å². The van der Waals surface area contributed by atoms with E-state index < -0.39 is 41.5 Å². The Bertz CT molecular complexity index is 571. The monoisotopic (exact) mass is 415 g/mol. The van der Waals surface area contributed by atoms with Gasteiger partial charge in [0.2, 0.25) is 17.7 Å². The molecule has 3 amide bonds. The van der Waals surface area contributed by atoms with Crippen LogP contribution in [0.3, 0.4) is 0 Å². The molecule has 0 aromatic heterocycles. The van der Waals surface area contributed by atoms with Gasteiger partial charge in [-0.1, -0.05) is 13.8 Å². The number of esters is 1. The summed E-state index contributed by atoms with van der Waals surface area (Å²) in [5.41, 5.74) is -0.499. The van der Waals surface area contributed by atoms with Crippen LogP contribution in [0, 0.1) is 5.92 Å². The molecule has 3 N–H and O–H groups in total. The number of hydrogen-bond acceptors (Lipinski definition) is 6. The van der Waals surface area contributed by atoms with Gasteiger partial charge in [-0.3, -0.25) is 14.4 Å². The van der Waals surface area contributed by atoms with Crippen molar-refractivity contribution in [2.45, 2.75) is 85.5 Å². The van der Waals surface area contributed by atoms with Crippen LogP contribution in [-0.4, -0.2) is 60.6 Å². The van der Waals surface area contributed by atoms with Crippen molar-refractivity contribution in [3.8, 4) is 0 Å². The summed E-state index contributed by atoms with van der Waals surface area (Å²) in [7, 11) is 0. The number of amides is 3. The minimum absolute atomic E-state index is 0.0375. The average molecular weight is 416 g/mol.